The van der Waals surface area contributed by atoms with Gasteiger partial charge >= 0.3 is 0 Å². The van der Waals surface area contributed by atoms with Crippen molar-refractivity contribution in [3.63, 3.8) is 0 Å². The Bertz CT molecular complexity index is 403. The number of allylic oxidation sites excluding steroid dienone is 2. The first-order chi connectivity index (χ1) is 9.25. The normalized spacial score (nSPS) is 35.5. The molecule has 0 aromatic rings. The van der Waals surface area contributed by atoms with E-state index in [4.69, 9.17) is 4.74 Å². The van der Waals surface area contributed by atoms with Crippen molar-refractivity contribution in [2.75, 3.05) is 0 Å². The van der Waals surface area contributed by atoms with E-state index in [1.807, 2.05) is 0 Å². The summed E-state index contributed by atoms with van der Waals surface area (Å²) >= 11 is 0. The molecule has 0 amide bonds. The number of ketones is 1. The number of ether oxygens (including phenoxy) is 1. The number of rotatable bonds is 6. The molecule has 2 heterocycles. The van der Waals surface area contributed by atoms with Gasteiger partial charge in [0.25, 0.3) is 0 Å². The predicted molar refractivity (Wildman–Crippen MR) is 82.7 cm³/mol. The molecule has 2 rings (SSSR count). The fourth-order valence-electron chi connectivity index (χ4n) is 4.33. The Hall–Kier alpha value is -0.630. The summed E-state index contributed by atoms with van der Waals surface area (Å²) < 4.78 is 6.27. The van der Waals surface area contributed by atoms with Crippen LogP contribution in [-0.2, 0) is 9.53 Å². The molecule has 2 fully saturated rings. The zero-order valence-corrected chi connectivity index (χ0v) is 13.8. The average molecular weight is 278 g/mol. The van der Waals surface area contributed by atoms with Gasteiger partial charge in [-0.2, -0.15) is 0 Å². The van der Waals surface area contributed by atoms with Crippen LogP contribution < -0.4 is 0 Å². The van der Waals surface area contributed by atoms with E-state index in [0.29, 0.717) is 23.9 Å². The molecule has 20 heavy (non-hydrogen) atoms. The summed E-state index contributed by atoms with van der Waals surface area (Å²) in [7, 11) is 0. The highest BCUT2D eigenvalue weighted by Crippen LogP contribution is 2.59. The maximum Gasteiger partial charge on any atom is 0.130 e. The van der Waals surface area contributed by atoms with E-state index in [1.165, 1.54) is 24.8 Å². The highest BCUT2D eigenvalue weighted by molar-refractivity contribution is 5.75. The summed E-state index contributed by atoms with van der Waals surface area (Å²) in [6.45, 7) is 10.9. The fourth-order valence-corrected chi connectivity index (χ4v) is 4.33. The Morgan fingerprint density at radius 3 is 2.50 bits per heavy atom. The van der Waals surface area contributed by atoms with Crippen molar-refractivity contribution in [3.05, 3.63) is 11.6 Å². The lowest BCUT2D eigenvalue weighted by Crippen LogP contribution is -2.40. The first kappa shape index (κ1) is 15.8. The minimum absolute atomic E-state index is 0.105. The van der Waals surface area contributed by atoms with E-state index in [0.717, 1.165) is 12.8 Å². The Labute approximate surface area is 124 Å². The monoisotopic (exact) mass is 278 g/mol. The molecular formula is C18H30O2. The second-order valence-electron chi connectivity index (χ2n) is 7.66. The number of fused-ring (bicyclic) bond motifs is 2. The van der Waals surface area contributed by atoms with Gasteiger partial charge in [-0.1, -0.05) is 25.5 Å². The van der Waals surface area contributed by atoms with E-state index in [2.05, 4.69) is 33.8 Å². The van der Waals surface area contributed by atoms with Gasteiger partial charge in [0, 0.05) is 6.42 Å². The molecular weight excluding hydrogens is 248 g/mol. The Morgan fingerprint density at radius 1 is 1.25 bits per heavy atom. The van der Waals surface area contributed by atoms with Crippen molar-refractivity contribution < 1.29 is 9.53 Å². The van der Waals surface area contributed by atoms with Gasteiger partial charge in [-0.15, -0.1) is 0 Å². The van der Waals surface area contributed by atoms with Gasteiger partial charge in [-0.3, -0.25) is 0 Å². The lowest BCUT2D eigenvalue weighted by Gasteiger charge is -2.39. The van der Waals surface area contributed by atoms with Crippen LogP contribution in [0.3, 0.4) is 0 Å². The smallest absolute Gasteiger partial charge is 0.130 e. The predicted octanol–water partition coefficient (Wildman–Crippen LogP) is 4.68. The maximum absolute atomic E-state index is 11.0. The van der Waals surface area contributed by atoms with Crippen LogP contribution >= 0.6 is 0 Å². The molecule has 0 aromatic heterocycles. The molecule has 0 aromatic carbocycles. The molecule has 2 aliphatic heterocycles. The second kappa shape index (κ2) is 5.63. The van der Waals surface area contributed by atoms with Crippen LogP contribution in [0.4, 0.5) is 0 Å². The van der Waals surface area contributed by atoms with Crippen LogP contribution in [0.2, 0.25) is 0 Å². The Morgan fingerprint density at radius 2 is 1.95 bits per heavy atom. The summed E-state index contributed by atoms with van der Waals surface area (Å²) in [6.07, 6.45) is 9.07. The van der Waals surface area contributed by atoms with Crippen LogP contribution in [0.5, 0.6) is 0 Å². The zero-order chi connectivity index (χ0) is 15.0. The molecule has 2 bridgehead atoms. The second-order valence-corrected chi connectivity index (χ2v) is 7.66. The molecule has 0 aliphatic carbocycles. The molecule has 2 aliphatic rings. The number of carbonyl (C=O) groups is 1. The molecule has 0 saturated carbocycles. The minimum atomic E-state index is 0.105. The van der Waals surface area contributed by atoms with Crippen molar-refractivity contribution in [2.45, 2.75) is 84.8 Å². The van der Waals surface area contributed by atoms with Gasteiger partial charge in [0.2, 0.25) is 0 Å². The molecule has 0 unspecified atom stereocenters. The van der Waals surface area contributed by atoms with Crippen molar-refractivity contribution in [1.82, 2.24) is 0 Å². The zero-order valence-electron chi connectivity index (χ0n) is 13.8. The molecule has 2 nitrogen and oxygen atoms in total. The van der Waals surface area contributed by atoms with Crippen LogP contribution in [0.25, 0.3) is 0 Å². The highest BCUT2D eigenvalue weighted by Gasteiger charge is 2.60. The summed E-state index contributed by atoms with van der Waals surface area (Å²) in [5.74, 6) is 0.939. The van der Waals surface area contributed by atoms with E-state index in [-0.39, 0.29) is 11.4 Å². The summed E-state index contributed by atoms with van der Waals surface area (Å²) in [4.78, 5) is 11.0. The highest BCUT2D eigenvalue weighted by atomic mass is 16.5. The third-order valence-corrected chi connectivity index (χ3v) is 5.60. The van der Waals surface area contributed by atoms with Crippen LogP contribution in [-0.4, -0.2) is 17.5 Å². The number of hydrogen-bond acceptors (Lipinski definition) is 2. The quantitative estimate of drug-likeness (QED) is 0.660. The third-order valence-electron chi connectivity index (χ3n) is 5.60. The van der Waals surface area contributed by atoms with Gasteiger partial charge in [0.1, 0.15) is 5.78 Å². The van der Waals surface area contributed by atoms with Crippen LogP contribution in [0.15, 0.2) is 11.6 Å². The van der Waals surface area contributed by atoms with Gasteiger partial charge < -0.3 is 9.53 Å². The standard InChI is InChI=1S/C18H30O2/c1-13(7-6-8-14(2)19)9-10-15-17(3,4)16-11-12-18(15,5)20-16/h7,15-16H,6,8-12H2,1-5H3/b13-7+/t15-,16-,18+/m0/s1. The molecule has 2 saturated heterocycles. The molecule has 0 radical (unpaired) electrons. The van der Waals surface area contributed by atoms with Gasteiger partial charge in [-0.25, -0.2) is 0 Å². The molecule has 3 atom stereocenters. The van der Waals surface area contributed by atoms with E-state index in [9.17, 15) is 4.79 Å². The lowest BCUT2D eigenvalue weighted by atomic mass is 9.62. The summed E-state index contributed by atoms with van der Waals surface area (Å²) in [5, 5.41) is 0. The van der Waals surface area contributed by atoms with Crippen molar-refractivity contribution in [1.29, 1.82) is 0 Å². The fraction of sp³-hybridized carbons (Fsp3) is 0.833. The maximum atomic E-state index is 11.0. The van der Waals surface area contributed by atoms with E-state index in [1.54, 1.807) is 6.92 Å². The van der Waals surface area contributed by atoms with Gasteiger partial charge in [0.05, 0.1) is 11.7 Å². The first-order valence-electron chi connectivity index (χ1n) is 8.08. The van der Waals surface area contributed by atoms with E-state index >= 15 is 0 Å². The molecule has 0 N–H and O–H groups in total. The summed E-state index contributed by atoms with van der Waals surface area (Å²) in [5.41, 5.74) is 1.84. The Balaban J connectivity index is 1.89. The van der Waals surface area contributed by atoms with Crippen LogP contribution in [0.1, 0.15) is 73.1 Å². The topological polar surface area (TPSA) is 26.3 Å². The largest absolute Gasteiger partial charge is 0.371 e. The van der Waals surface area contributed by atoms with Gasteiger partial charge in [-0.05, 0) is 64.2 Å². The molecule has 2 heteroatoms. The van der Waals surface area contributed by atoms with Crippen LogP contribution in [0, 0.1) is 11.3 Å². The van der Waals surface area contributed by atoms with Crippen molar-refractivity contribution in [3.8, 4) is 0 Å². The number of Topliss-reactive ketones (excluding diaryl/α,β-unsaturated/α-hetero) is 1. The van der Waals surface area contributed by atoms with Crippen molar-refractivity contribution >= 4 is 5.78 Å². The number of carbonyl (C=O) groups excluding carboxylic acids is 1. The lowest BCUT2D eigenvalue weighted by molar-refractivity contribution is -0.116. The molecule has 0 spiro atoms. The SMILES string of the molecule is CC(=O)CC/C=C(\C)CC[C@H]1C(C)(C)[C@@H]2CC[C@@]1(C)O2. The van der Waals surface area contributed by atoms with Crippen molar-refractivity contribution in [2.24, 2.45) is 11.3 Å². The van der Waals surface area contributed by atoms with E-state index < -0.39 is 0 Å². The average Bonchev–Trinajstić information content (AvgIpc) is 2.79. The molecule has 114 valence electrons. The minimum Gasteiger partial charge on any atom is -0.371 e. The van der Waals surface area contributed by atoms with Gasteiger partial charge in [0.15, 0.2) is 0 Å². The summed E-state index contributed by atoms with van der Waals surface area (Å²) in [6, 6.07) is 0. The third kappa shape index (κ3) is 3.00. The number of hydrogen-bond donors (Lipinski definition) is 0. The Kier molecular flexibility index (Phi) is 4.44. The first-order valence-corrected chi connectivity index (χ1v) is 8.08.